The minimum atomic E-state index is -0.0989. The molecule has 2 aromatic carbocycles. The van der Waals surface area contributed by atoms with Crippen LogP contribution in [-0.4, -0.2) is 16.2 Å². The highest BCUT2D eigenvalue weighted by Crippen LogP contribution is 2.23. The minimum Gasteiger partial charge on any atom is -0.301 e. The fourth-order valence-corrected chi connectivity index (χ4v) is 2.88. The molecule has 0 saturated carbocycles. The number of nitrogens with zero attached hydrogens (tertiary/aromatic N) is 1. The van der Waals surface area contributed by atoms with Crippen molar-refractivity contribution in [2.24, 2.45) is 0 Å². The molecular formula is C18H15ClN2OS. The average molecular weight is 343 g/mol. The highest BCUT2D eigenvalue weighted by molar-refractivity contribution is 7.98. The number of aromatic amines is 1. The monoisotopic (exact) mass is 342 g/mol. The van der Waals surface area contributed by atoms with Crippen molar-refractivity contribution in [3.63, 3.8) is 0 Å². The molecule has 3 aromatic rings. The molecule has 0 bridgehead atoms. The Morgan fingerprint density at radius 1 is 1.09 bits per heavy atom. The van der Waals surface area contributed by atoms with Crippen molar-refractivity contribution >= 4 is 23.4 Å². The van der Waals surface area contributed by atoms with Crippen molar-refractivity contribution in [2.75, 3.05) is 6.26 Å². The van der Waals surface area contributed by atoms with E-state index in [1.165, 1.54) is 11.8 Å². The van der Waals surface area contributed by atoms with E-state index in [9.17, 15) is 4.79 Å². The van der Waals surface area contributed by atoms with Crippen LogP contribution >= 0.6 is 23.4 Å². The molecule has 0 amide bonds. The molecule has 1 aromatic heterocycles. The lowest BCUT2D eigenvalue weighted by atomic mass is 10.0. The summed E-state index contributed by atoms with van der Waals surface area (Å²) in [7, 11) is 0. The van der Waals surface area contributed by atoms with E-state index in [-0.39, 0.29) is 5.56 Å². The van der Waals surface area contributed by atoms with Gasteiger partial charge in [-0.15, -0.1) is 0 Å². The van der Waals surface area contributed by atoms with Crippen LogP contribution in [0.15, 0.2) is 64.5 Å². The van der Waals surface area contributed by atoms with Gasteiger partial charge in [0, 0.05) is 22.6 Å². The standard InChI is InChI=1S/C18H15ClN2OS/c1-23-18-20-16(13-5-3-2-4-6-13)15(17(22)21-18)11-12-7-9-14(19)10-8-12/h2-10H,11H2,1H3,(H,20,21,22). The van der Waals surface area contributed by atoms with Crippen molar-refractivity contribution in [3.8, 4) is 11.3 Å². The summed E-state index contributed by atoms with van der Waals surface area (Å²) in [5, 5.41) is 1.30. The third kappa shape index (κ3) is 3.66. The zero-order chi connectivity index (χ0) is 16.2. The molecule has 3 rings (SSSR count). The van der Waals surface area contributed by atoms with Crippen LogP contribution in [0.3, 0.4) is 0 Å². The van der Waals surface area contributed by atoms with Crippen LogP contribution in [0, 0.1) is 0 Å². The predicted molar refractivity (Wildman–Crippen MR) is 96.3 cm³/mol. The fourth-order valence-electron chi connectivity index (χ4n) is 2.38. The lowest BCUT2D eigenvalue weighted by Crippen LogP contribution is -2.17. The first kappa shape index (κ1) is 15.8. The Labute approximate surface area is 143 Å². The first-order valence-corrected chi connectivity index (χ1v) is 8.74. The lowest BCUT2D eigenvalue weighted by Gasteiger charge is -2.10. The van der Waals surface area contributed by atoms with Gasteiger partial charge in [0.15, 0.2) is 5.16 Å². The molecular weight excluding hydrogens is 328 g/mol. The summed E-state index contributed by atoms with van der Waals surface area (Å²) in [6.07, 6.45) is 2.41. The topological polar surface area (TPSA) is 45.8 Å². The smallest absolute Gasteiger partial charge is 0.255 e. The zero-order valence-corrected chi connectivity index (χ0v) is 14.1. The van der Waals surface area contributed by atoms with E-state index < -0.39 is 0 Å². The van der Waals surface area contributed by atoms with E-state index in [4.69, 9.17) is 11.6 Å². The van der Waals surface area contributed by atoms with Crippen LogP contribution in [0.1, 0.15) is 11.1 Å². The number of hydrogen-bond acceptors (Lipinski definition) is 3. The molecule has 1 N–H and O–H groups in total. The van der Waals surface area contributed by atoms with E-state index >= 15 is 0 Å². The van der Waals surface area contributed by atoms with Gasteiger partial charge in [-0.1, -0.05) is 65.8 Å². The van der Waals surface area contributed by atoms with Crippen LogP contribution in [0.25, 0.3) is 11.3 Å². The van der Waals surface area contributed by atoms with Gasteiger partial charge >= 0.3 is 0 Å². The van der Waals surface area contributed by atoms with Gasteiger partial charge in [-0.25, -0.2) is 4.98 Å². The molecule has 0 aliphatic carbocycles. The van der Waals surface area contributed by atoms with E-state index in [0.29, 0.717) is 22.2 Å². The van der Waals surface area contributed by atoms with Crippen molar-refractivity contribution in [1.82, 2.24) is 9.97 Å². The number of benzene rings is 2. The minimum absolute atomic E-state index is 0.0989. The van der Waals surface area contributed by atoms with Crippen molar-refractivity contribution < 1.29 is 0 Å². The molecule has 0 saturated heterocycles. The Balaban J connectivity index is 2.11. The summed E-state index contributed by atoms with van der Waals surface area (Å²) in [5.41, 5.74) is 3.26. The van der Waals surface area contributed by atoms with Gasteiger partial charge in [0.25, 0.3) is 5.56 Å². The largest absolute Gasteiger partial charge is 0.301 e. The van der Waals surface area contributed by atoms with Gasteiger partial charge in [0.05, 0.1) is 5.69 Å². The Hall–Kier alpha value is -2.04. The highest BCUT2D eigenvalue weighted by Gasteiger charge is 2.13. The molecule has 23 heavy (non-hydrogen) atoms. The summed E-state index contributed by atoms with van der Waals surface area (Å²) >= 11 is 7.35. The fraction of sp³-hybridized carbons (Fsp3) is 0.111. The molecule has 5 heteroatoms. The van der Waals surface area contributed by atoms with E-state index in [1.807, 2.05) is 60.9 Å². The molecule has 0 fully saturated rings. The molecule has 116 valence electrons. The molecule has 1 heterocycles. The van der Waals surface area contributed by atoms with Gasteiger partial charge in [0.2, 0.25) is 0 Å². The maximum Gasteiger partial charge on any atom is 0.255 e. The van der Waals surface area contributed by atoms with Crippen molar-refractivity contribution in [2.45, 2.75) is 11.6 Å². The van der Waals surface area contributed by atoms with Gasteiger partial charge in [-0.2, -0.15) is 0 Å². The maximum absolute atomic E-state index is 12.5. The highest BCUT2D eigenvalue weighted by atomic mass is 35.5. The number of halogens is 1. The molecule has 0 unspecified atom stereocenters. The molecule has 0 aliphatic heterocycles. The summed E-state index contributed by atoms with van der Waals surface area (Å²) in [6, 6.07) is 17.3. The van der Waals surface area contributed by atoms with Gasteiger partial charge < -0.3 is 4.98 Å². The molecule has 0 atom stereocenters. The van der Waals surface area contributed by atoms with Crippen LogP contribution in [0.5, 0.6) is 0 Å². The molecule has 0 radical (unpaired) electrons. The number of rotatable bonds is 4. The Kier molecular flexibility index (Phi) is 4.84. The second-order valence-electron chi connectivity index (χ2n) is 5.07. The number of H-pyrrole nitrogens is 1. The van der Waals surface area contributed by atoms with E-state index in [2.05, 4.69) is 9.97 Å². The number of thioether (sulfide) groups is 1. The van der Waals surface area contributed by atoms with E-state index in [1.54, 1.807) is 0 Å². The Morgan fingerprint density at radius 3 is 2.43 bits per heavy atom. The summed E-state index contributed by atoms with van der Waals surface area (Å²) in [5.74, 6) is 0. The summed E-state index contributed by atoms with van der Waals surface area (Å²) < 4.78 is 0. The van der Waals surface area contributed by atoms with E-state index in [0.717, 1.165) is 16.8 Å². The lowest BCUT2D eigenvalue weighted by molar-refractivity contribution is 0.909. The van der Waals surface area contributed by atoms with Gasteiger partial charge in [-0.3, -0.25) is 4.79 Å². The Morgan fingerprint density at radius 2 is 1.78 bits per heavy atom. The zero-order valence-electron chi connectivity index (χ0n) is 12.5. The SMILES string of the molecule is CSc1nc(-c2ccccc2)c(Cc2ccc(Cl)cc2)c(=O)[nH]1. The second kappa shape index (κ2) is 7.02. The maximum atomic E-state index is 12.5. The van der Waals surface area contributed by atoms with Gasteiger partial charge in [-0.05, 0) is 24.0 Å². The summed E-state index contributed by atoms with van der Waals surface area (Å²) in [4.78, 5) is 20.0. The molecule has 0 spiro atoms. The van der Waals surface area contributed by atoms with Crippen LogP contribution < -0.4 is 5.56 Å². The normalized spacial score (nSPS) is 10.7. The third-order valence-electron chi connectivity index (χ3n) is 3.53. The van der Waals surface area contributed by atoms with Crippen LogP contribution in [0.2, 0.25) is 5.02 Å². The number of hydrogen-bond donors (Lipinski definition) is 1. The molecule has 0 aliphatic rings. The van der Waals surface area contributed by atoms with Gasteiger partial charge in [0.1, 0.15) is 0 Å². The van der Waals surface area contributed by atoms with Crippen molar-refractivity contribution in [1.29, 1.82) is 0 Å². The third-order valence-corrected chi connectivity index (χ3v) is 4.36. The first-order chi connectivity index (χ1) is 11.2. The van der Waals surface area contributed by atoms with Crippen LogP contribution in [0.4, 0.5) is 0 Å². The predicted octanol–water partition coefficient (Wildman–Crippen LogP) is 4.40. The van der Waals surface area contributed by atoms with Crippen LogP contribution in [-0.2, 0) is 6.42 Å². The average Bonchev–Trinajstić information content (AvgIpc) is 2.59. The first-order valence-electron chi connectivity index (χ1n) is 7.14. The number of nitrogens with one attached hydrogen (secondary N) is 1. The molecule has 3 nitrogen and oxygen atoms in total. The second-order valence-corrected chi connectivity index (χ2v) is 6.30. The quantitative estimate of drug-likeness (QED) is 0.564. The summed E-state index contributed by atoms with van der Waals surface area (Å²) in [6.45, 7) is 0. The Bertz CT molecular complexity index is 860. The number of aromatic nitrogens is 2. The van der Waals surface area contributed by atoms with Crippen molar-refractivity contribution in [3.05, 3.63) is 81.1 Å².